The first-order valence-corrected chi connectivity index (χ1v) is 13.9. The maximum atomic E-state index is 13.1. The van der Waals surface area contributed by atoms with Gasteiger partial charge in [-0.2, -0.15) is 26.3 Å². The van der Waals surface area contributed by atoms with E-state index >= 15 is 0 Å². The molecule has 4 atom stereocenters. The molecule has 4 N–H and O–H groups in total. The van der Waals surface area contributed by atoms with Crippen molar-refractivity contribution in [3.63, 3.8) is 0 Å². The third kappa shape index (κ3) is 7.90. The summed E-state index contributed by atoms with van der Waals surface area (Å²) in [6.07, 6.45) is -6.37. The summed E-state index contributed by atoms with van der Waals surface area (Å²) in [5.41, 5.74) is -2.10. The molecule has 43 heavy (non-hydrogen) atoms. The average Bonchev–Trinajstić information content (AvgIpc) is 2.92. The number of urea groups is 2. The van der Waals surface area contributed by atoms with Crippen molar-refractivity contribution in [2.24, 2.45) is 11.3 Å². The lowest BCUT2D eigenvalue weighted by Crippen LogP contribution is -2.55. The molecule has 8 nitrogen and oxygen atoms in total. The number of rotatable bonds is 6. The van der Waals surface area contributed by atoms with Crippen molar-refractivity contribution in [2.75, 3.05) is 17.2 Å². The monoisotopic (exact) mass is 614 g/mol. The summed E-state index contributed by atoms with van der Waals surface area (Å²) < 4.78 is 82.3. The highest BCUT2D eigenvalue weighted by atomic mass is 19.4. The highest BCUT2D eigenvalue weighted by molar-refractivity contribution is 5.90. The number of hydrogen-bond acceptors (Lipinski definition) is 4. The molecule has 14 heteroatoms. The SMILES string of the molecule is CCOC(=O)C12CC[C@@H](NC(=O)Nc3ccc(C(F)(F)F)cc3)CC1C[C@@H](NC(=O)Nc1ccc(C(F)(F)F)cc1)CC2. The summed E-state index contributed by atoms with van der Waals surface area (Å²) in [6, 6.07) is 6.20. The van der Waals surface area contributed by atoms with Crippen LogP contribution in [0.3, 0.4) is 0 Å². The van der Waals surface area contributed by atoms with Crippen LogP contribution in [0.4, 0.5) is 47.3 Å². The number of alkyl halides is 6. The van der Waals surface area contributed by atoms with Crippen molar-refractivity contribution >= 4 is 29.4 Å². The summed E-state index contributed by atoms with van der Waals surface area (Å²) in [6.45, 7) is 1.91. The molecule has 2 aromatic rings. The second-order valence-corrected chi connectivity index (χ2v) is 10.9. The van der Waals surface area contributed by atoms with Gasteiger partial charge >= 0.3 is 30.4 Å². The first-order chi connectivity index (χ1) is 20.2. The van der Waals surface area contributed by atoms with E-state index in [9.17, 15) is 40.7 Å². The molecule has 0 heterocycles. The zero-order valence-electron chi connectivity index (χ0n) is 23.2. The van der Waals surface area contributed by atoms with Crippen molar-refractivity contribution in [2.45, 2.75) is 69.9 Å². The van der Waals surface area contributed by atoms with E-state index in [4.69, 9.17) is 4.74 Å². The van der Waals surface area contributed by atoms with Gasteiger partial charge in [-0.25, -0.2) is 9.59 Å². The van der Waals surface area contributed by atoms with Gasteiger partial charge in [0.2, 0.25) is 0 Å². The molecule has 0 bridgehead atoms. The van der Waals surface area contributed by atoms with Gasteiger partial charge < -0.3 is 26.0 Å². The first-order valence-electron chi connectivity index (χ1n) is 13.9. The lowest BCUT2D eigenvalue weighted by Gasteiger charge is -2.49. The molecule has 4 rings (SSSR count). The van der Waals surface area contributed by atoms with Gasteiger partial charge in [0.05, 0.1) is 23.1 Å². The number of amides is 4. The Bertz CT molecular complexity index is 1210. The number of carbonyl (C=O) groups excluding carboxylic acids is 3. The lowest BCUT2D eigenvalue weighted by molar-refractivity contribution is -0.165. The van der Waals surface area contributed by atoms with Gasteiger partial charge in [-0.05, 0) is 99.9 Å². The average molecular weight is 615 g/mol. The van der Waals surface area contributed by atoms with Crippen LogP contribution >= 0.6 is 0 Å². The number of benzene rings is 2. The van der Waals surface area contributed by atoms with Crippen LogP contribution in [-0.4, -0.2) is 36.7 Å². The van der Waals surface area contributed by atoms with Crippen LogP contribution in [0.1, 0.15) is 56.6 Å². The summed E-state index contributed by atoms with van der Waals surface area (Å²) in [4.78, 5) is 38.4. The Hall–Kier alpha value is -3.97. The number of hydrogen-bond donors (Lipinski definition) is 4. The fourth-order valence-corrected chi connectivity index (χ4v) is 5.96. The molecule has 2 aromatic carbocycles. The predicted octanol–water partition coefficient (Wildman–Crippen LogP) is 6.94. The van der Waals surface area contributed by atoms with Crippen LogP contribution in [0.15, 0.2) is 48.5 Å². The Morgan fingerprint density at radius 2 is 1.14 bits per heavy atom. The Labute approximate surface area is 243 Å². The Balaban J connectivity index is 1.37. The third-order valence-electron chi connectivity index (χ3n) is 8.09. The summed E-state index contributed by atoms with van der Waals surface area (Å²) in [7, 11) is 0. The van der Waals surface area contributed by atoms with Crippen LogP contribution in [-0.2, 0) is 21.9 Å². The first kappa shape index (κ1) is 32.0. The molecule has 4 amide bonds. The highest BCUT2D eigenvalue weighted by Gasteiger charge is 2.53. The smallest absolute Gasteiger partial charge is 0.416 e. The van der Waals surface area contributed by atoms with E-state index in [0.29, 0.717) is 38.5 Å². The van der Waals surface area contributed by atoms with Crippen molar-refractivity contribution in [3.05, 3.63) is 59.7 Å². The fourth-order valence-electron chi connectivity index (χ4n) is 5.96. The second-order valence-electron chi connectivity index (χ2n) is 10.9. The molecule has 0 aromatic heterocycles. The van der Waals surface area contributed by atoms with Crippen LogP contribution in [0.5, 0.6) is 0 Å². The number of halogens is 6. The van der Waals surface area contributed by atoms with Crippen molar-refractivity contribution in [1.82, 2.24) is 10.6 Å². The van der Waals surface area contributed by atoms with Crippen molar-refractivity contribution < 1.29 is 45.5 Å². The number of fused-ring (bicyclic) bond motifs is 1. The van der Waals surface area contributed by atoms with Crippen molar-refractivity contribution in [3.8, 4) is 0 Å². The van der Waals surface area contributed by atoms with Gasteiger partial charge in [0.1, 0.15) is 0 Å². The summed E-state index contributed by atoms with van der Waals surface area (Å²) in [5, 5.41) is 10.7. The summed E-state index contributed by atoms with van der Waals surface area (Å²) in [5.74, 6) is -0.595. The van der Waals surface area contributed by atoms with E-state index < -0.39 is 41.0 Å². The van der Waals surface area contributed by atoms with E-state index in [-0.39, 0.29) is 42.0 Å². The maximum Gasteiger partial charge on any atom is 0.416 e. The topological polar surface area (TPSA) is 109 Å². The second kappa shape index (κ2) is 12.7. The minimum atomic E-state index is -4.50. The Kier molecular flexibility index (Phi) is 9.45. The zero-order chi connectivity index (χ0) is 31.4. The molecule has 2 aliphatic rings. The number of esters is 1. The van der Waals surface area contributed by atoms with Gasteiger partial charge in [0, 0.05) is 23.5 Å². The predicted molar refractivity (Wildman–Crippen MR) is 145 cm³/mol. The quantitative estimate of drug-likeness (QED) is 0.209. The van der Waals surface area contributed by atoms with E-state index in [1.807, 2.05) is 0 Å². The van der Waals surface area contributed by atoms with Gasteiger partial charge in [0.25, 0.3) is 0 Å². The fraction of sp³-hybridized carbons (Fsp3) is 0.483. The molecular formula is C29H32F6N4O4. The molecule has 2 aliphatic carbocycles. The van der Waals surface area contributed by atoms with Gasteiger partial charge in [-0.3, -0.25) is 4.79 Å². The minimum Gasteiger partial charge on any atom is -0.466 e. The van der Waals surface area contributed by atoms with E-state index in [0.717, 1.165) is 48.5 Å². The van der Waals surface area contributed by atoms with Crippen LogP contribution in [0, 0.1) is 11.3 Å². The standard InChI is InChI=1S/C29H32F6N4O4/c1-2-43-24(40)27-13-11-22(38-25(41)36-20-7-3-17(4-8-20)28(30,31)32)15-19(27)16-23(12-14-27)39-26(42)37-21-9-5-18(6-10-21)29(33,34)35/h3-10,19,22-23H,2,11-16H2,1H3,(H2,36,38,41)(H2,37,39,42)/t19?,22-,23+,27?. The Morgan fingerprint density at radius 1 is 0.744 bits per heavy atom. The normalized spacial score (nSPS) is 23.8. The number of carbonyl (C=O) groups is 3. The van der Waals surface area contributed by atoms with E-state index in [1.54, 1.807) is 6.92 Å². The molecular weight excluding hydrogens is 582 g/mol. The third-order valence-corrected chi connectivity index (χ3v) is 8.09. The lowest BCUT2D eigenvalue weighted by atomic mass is 9.57. The maximum absolute atomic E-state index is 13.1. The molecule has 0 aliphatic heterocycles. The molecule has 0 radical (unpaired) electrons. The molecule has 2 fully saturated rings. The van der Waals surface area contributed by atoms with Crippen LogP contribution in [0.25, 0.3) is 0 Å². The zero-order valence-corrected chi connectivity index (χ0v) is 23.2. The number of ether oxygens (including phenoxy) is 1. The molecule has 234 valence electrons. The van der Waals surface area contributed by atoms with E-state index in [2.05, 4.69) is 21.3 Å². The van der Waals surface area contributed by atoms with Gasteiger partial charge in [0.15, 0.2) is 0 Å². The largest absolute Gasteiger partial charge is 0.466 e. The molecule has 0 saturated heterocycles. The van der Waals surface area contributed by atoms with Gasteiger partial charge in [-0.1, -0.05) is 0 Å². The van der Waals surface area contributed by atoms with Gasteiger partial charge in [-0.15, -0.1) is 0 Å². The highest BCUT2D eigenvalue weighted by Crippen LogP contribution is 2.51. The van der Waals surface area contributed by atoms with Crippen LogP contribution in [0.2, 0.25) is 0 Å². The Morgan fingerprint density at radius 3 is 1.49 bits per heavy atom. The molecule has 0 spiro atoms. The number of anilines is 2. The molecule has 2 saturated carbocycles. The number of nitrogens with one attached hydrogen (secondary N) is 4. The van der Waals surface area contributed by atoms with E-state index in [1.165, 1.54) is 0 Å². The van der Waals surface area contributed by atoms with Crippen LogP contribution < -0.4 is 21.3 Å². The summed E-state index contributed by atoms with van der Waals surface area (Å²) >= 11 is 0. The van der Waals surface area contributed by atoms with Crippen molar-refractivity contribution in [1.29, 1.82) is 0 Å². The minimum absolute atomic E-state index is 0.183. The molecule has 2 unspecified atom stereocenters.